The number of nitrogens with one attached hydrogen (secondary N) is 1. The van der Waals surface area contributed by atoms with Gasteiger partial charge in [0.05, 0.1) is 16.7 Å². The first-order valence-electron chi connectivity index (χ1n) is 9.06. The highest BCUT2D eigenvalue weighted by Crippen LogP contribution is 2.61. The molecule has 0 saturated heterocycles. The summed E-state index contributed by atoms with van der Waals surface area (Å²) in [5.41, 5.74) is 0.273. The normalized spacial score (nSPS) is 40.9. The van der Waals surface area contributed by atoms with E-state index in [2.05, 4.69) is 10.3 Å². The minimum absolute atomic E-state index is 0.121. The van der Waals surface area contributed by atoms with Crippen LogP contribution in [-0.2, 0) is 17.6 Å². The Hall–Kier alpha value is -0.940. The Labute approximate surface area is 140 Å². The molecule has 4 saturated carbocycles. The molecule has 1 aromatic heterocycles. The topological polar surface area (TPSA) is 62.2 Å². The summed E-state index contributed by atoms with van der Waals surface area (Å²) in [5.74, 6) is 1.20. The van der Waals surface area contributed by atoms with Crippen molar-refractivity contribution in [2.45, 2.75) is 69.8 Å². The van der Waals surface area contributed by atoms with Gasteiger partial charge in [-0.05, 0) is 76.0 Å². The van der Waals surface area contributed by atoms with Crippen LogP contribution >= 0.6 is 11.3 Å². The van der Waals surface area contributed by atoms with E-state index in [9.17, 15) is 9.90 Å². The second-order valence-corrected chi connectivity index (χ2v) is 9.60. The fourth-order valence-electron chi connectivity index (χ4n) is 6.12. The molecule has 2 unspecified atom stereocenters. The van der Waals surface area contributed by atoms with Crippen LogP contribution in [-0.4, -0.2) is 21.6 Å². The van der Waals surface area contributed by atoms with Crippen LogP contribution in [0.2, 0.25) is 0 Å². The van der Waals surface area contributed by atoms with Crippen molar-refractivity contribution in [3.8, 4) is 0 Å². The fraction of sp³-hybridized carbons (Fsp3) is 0.778. The molecule has 4 bridgehead atoms. The zero-order valence-electron chi connectivity index (χ0n) is 13.4. The van der Waals surface area contributed by atoms with E-state index < -0.39 is 5.60 Å². The molecule has 2 N–H and O–H groups in total. The molecular formula is C18H24N2O2S. The summed E-state index contributed by atoms with van der Waals surface area (Å²) >= 11 is 1.66. The van der Waals surface area contributed by atoms with Gasteiger partial charge < -0.3 is 10.4 Å². The van der Waals surface area contributed by atoms with Crippen LogP contribution in [0.1, 0.15) is 61.9 Å². The minimum Gasteiger partial charge on any atom is -0.390 e. The summed E-state index contributed by atoms with van der Waals surface area (Å²) < 4.78 is 0. The molecule has 4 fully saturated rings. The van der Waals surface area contributed by atoms with Gasteiger partial charge in [-0.15, -0.1) is 11.3 Å². The van der Waals surface area contributed by atoms with E-state index >= 15 is 0 Å². The molecule has 0 spiro atoms. The number of aryl methyl sites for hydroxylation is 2. The van der Waals surface area contributed by atoms with Crippen LogP contribution in [0.5, 0.6) is 0 Å². The largest absolute Gasteiger partial charge is 0.390 e. The average molecular weight is 332 g/mol. The van der Waals surface area contributed by atoms with Crippen molar-refractivity contribution in [2.75, 3.05) is 5.32 Å². The predicted molar refractivity (Wildman–Crippen MR) is 89.5 cm³/mol. The molecule has 0 aromatic carbocycles. The van der Waals surface area contributed by atoms with Gasteiger partial charge >= 0.3 is 0 Å². The number of hydrogen-bond acceptors (Lipinski definition) is 4. The third-order valence-electron chi connectivity index (χ3n) is 6.58. The van der Waals surface area contributed by atoms with Crippen LogP contribution in [0.3, 0.4) is 0 Å². The Morgan fingerprint density at radius 1 is 1.17 bits per heavy atom. The van der Waals surface area contributed by atoms with Gasteiger partial charge in [0.25, 0.3) is 0 Å². The molecule has 1 amide bonds. The number of carbonyl (C=O) groups is 1. The molecule has 1 heterocycles. The number of carbonyl (C=O) groups excluding carboxylic acids is 1. The van der Waals surface area contributed by atoms with Crippen molar-refractivity contribution >= 4 is 22.4 Å². The fourth-order valence-corrected chi connectivity index (χ4v) is 7.16. The van der Waals surface area contributed by atoms with Crippen LogP contribution in [0.15, 0.2) is 0 Å². The van der Waals surface area contributed by atoms with Crippen molar-refractivity contribution in [1.82, 2.24) is 4.98 Å². The highest BCUT2D eigenvalue weighted by atomic mass is 32.1. The molecule has 5 heteroatoms. The van der Waals surface area contributed by atoms with E-state index in [0.29, 0.717) is 18.3 Å². The second kappa shape index (κ2) is 4.79. The van der Waals surface area contributed by atoms with Crippen molar-refractivity contribution in [3.63, 3.8) is 0 Å². The first-order valence-corrected chi connectivity index (χ1v) is 9.88. The summed E-state index contributed by atoms with van der Waals surface area (Å²) in [6, 6.07) is 0. The minimum atomic E-state index is -0.580. The summed E-state index contributed by atoms with van der Waals surface area (Å²) in [6.07, 6.45) is 10.2. The molecule has 0 aliphatic heterocycles. The smallest absolute Gasteiger partial charge is 0.232 e. The Morgan fingerprint density at radius 3 is 2.61 bits per heavy atom. The number of nitrogens with zero attached hydrogens (tertiary/aromatic N) is 1. The lowest BCUT2D eigenvalue weighted by molar-refractivity contribution is -0.174. The maximum absolute atomic E-state index is 13.1. The maximum Gasteiger partial charge on any atom is 0.232 e. The third kappa shape index (κ3) is 2.27. The Morgan fingerprint density at radius 2 is 1.91 bits per heavy atom. The van der Waals surface area contributed by atoms with Gasteiger partial charge in [-0.25, -0.2) is 4.98 Å². The number of hydrogen-bond donors (Lipinski definition) is 2. The molecule has 5 aliphatic carbocycles. The third-order valence-corrected chi connectivity index (χ3v) is 7.65. The second-order valence-electron chi connectivity index (χ2n) is 8.52. The number of aromatic nitrogens is 1. The van der Waals surface area contributed by atoms with E-state index in [1.165, 1.54) is 29.8 Å². The van der Waals surface area contributed by atoms with E-state index in [1.54, 1.807) is 11.3 Å². The maximum atomic E-state index is 13.1. The molecule has 5 aliphatic rings. The van der Waals surface area contributed by atoms with Crippen LogP contribution in [0.25, 0.3) is 0 Å². The lowest BCUT2D eigenvalue weighted by Crippen LogP contribution is -2.59. The molecule has 0 radical (unpaired) electrons. The number of rotatable bonds is 2. The summed E-state index contributed by atoms with van der Waals surface area (Å²) in [6.45, 7) is 0. The lowest BCUT2D eigenvalue weighted by Gasteiger charge is -2.59. The number of anilines is 1. The molecule has 1 aromatic rings. The lowest BCUT2D eigenvalue weighted by atomic mass is 9.47. The quantitative estimate of drug-likeness (QED) is 0.873. The van der Waals surface area contributed by atoms with Gasteiger partial charge in [-0.2, -0.15) is 0 Å². The zero-order chi connectivity index (χ0) is 15.7. The summed E-state index contributed by atoms with van der Waals surface area (Å²) in [4.78, 5) is 19.1. The zero-order valence-corrected chi connectivity index (χ0v) is 14.3. The van der Waals surface area contributed by atoms with E-state index in [1.807, 2.05) is 0 Å². The number of aliphatic hydroxyl groups is 1. The Kier molecular flexibility index (Phi) is 3.00. The standard InChI is InChI=1S/C18H24N2O2S/c21-15(20-16-19-13-3-1-2-4-14(13)23-16)17-6-11-5-12(7-17)9-18(22,8-11)10-17/h11-12,22H,1-10H2,(H,19,20,21)/t11-,12+,17?,18?. The Bertz CT molecular complexity index is 630. The molecular weight excluding hydrogens is 308 g/mol. The first kappa shape index (κ1) is 14.4. The van der Waals surface area contributed by atoms with Crippen molar-refractivity contribution in [1.29, 1.82) is 0 Å². The average Bonchev–Trinajstić information content (AvgIpc) is 2.86. The van der Waals surface area contributed by atoms with Crippen molar-refractivity contribution < 1.29 is 9.90 Å². The van der Waals surface area contributed by atoms with Crippen molar-refractivity contribution in [2.24, 2.45) is 17.3 Å². The van der Waals surface area contributed by atoms with Gasteiger partial charge in [-0.3, -0.25) is 4.79 Å². The van der Waals surface area contributed by atoms with E-state index in [4.69, 9.17) is 0 Å². The van der Waals surface area contributed by atoms with Gasteiger partial charge in [0.1, 0.15) is 0 Å². The summed E-state index contributed by atoms with van der Waals surface area (Å²) in [5, 5.41) is 14.7. The highest BCUT2D eigenvalue weighted by Gasteiger charge is 2.60. The molecule has 124 valence electrons. The summed E-state index contributed by atoms with van der Waals surface area (Å²) in [7, 11) is 0. The van der Waals surface area contributed by atoms with Crippen LogP contribution in [0, 0.1) is 17.3 Å². The van der Waals surface area contributed by atoms with Crippen LogP contribution < -0.4 is 5.32 Å². The van der Waals surface area contributed by atoms with Crippen LogP contribution in [0.4, 0.5) is 5.13 Å². The monoisotopic (exact) mass is 332 g/mol. The van der Waals surface area contributed by atoms with E-state index in [-0.39, 0.29) is 11.3 Å². The molecule has 23 heavy (non-hydrogen) atoms. The SMILES string of the molecule is O=C(Nc1nc2c(s1)CCCC2)C12C[C@@H]3C[C@@H](CC(O)(C3)C1)C2. The highest BCUT2D eigenvalue weighted by molar-refractivity contribution is 7.15. The van der Waals surface area contributed by atoms with Gasteiger partial charge in [0.15, 0.2) is 5.13 Å². The van der Waals surface area contributed by atoms with E-state index in [0.717, 1.165) is 43.7 Å². The van der Waals surface area contributed by atoms with Gasteiger partial charge in [0, 0.05) is 4.88 Å². The predicted octanol–water partition coefficient (Wildman–Crippen LogP) is 3.29. The number of amides is 1. The first-order chi connectivity index (χ1) is 11.0. The number of fused-ring (bicyclic) bond motifs is 1. The molecule has 6 rings (SSSR count). The number of thiazole rings is 1. The molecule has 4 nitrogen and oxygen atoms in total. The van der Waals surface area contributed by atoms with Gasteiger partial charge in [0.2, 0.25) is 5.91 Å². The van der Waals surface area contributed by atoms with Crippen molar-refractivity contribution in [3.05, 3.63) is 10.6 Å². The molecule has 4 atom stereocenters. The van der Waals surface area contributed by atoms with Gasteiger partial charge in [-0.1, -0.05) is 0 Å². The Balaban J connectivity index is 1.39.